The maximum atomic E-state index is 12.9. The number of aliphatic carboxylic acids is 1. The first-order valence-corrected chi connectivity index (χ1v) is 10.6. The number of halogens is 3. The molecule has 5 nitrogen and oxygen atoms in total. The number of alkyl halides is 3. The summed E-state index contributed by atoms with van der Waals surface area (Å²) >= 11 is 0. The van der Waals surface area contributed by atoms with Crippen LogP contribution in [0.1, 0.15) is 37.0 Å². The molecule has 0 aliphatic heterocycles. The number of hydrogen-bond donors (Lipinski definition) is 2. The fraction of sp³-hybridized carbons (Fsp3) is 0.269. The summed E-state index contributed by atoms with van der Waals surface area (Å²) in [5.41, 5.74) is -3.99. The van der Waals surface area contributed by atoms with E-state index in [-0.39, 0.29) is 24.3 Å². The lowest BCUT2D eigenvalue weighted by Crippen LogP contribution is -2.59. The summed E-state index contributed by atoms with van der Waals surface area (Å²) in [6, 6.07) is 19.4. The van der Waals surface area contributed by atoms with E-state index in [9.17, 15) is 28.2 Å². The maximum absolute atomic E-state index is 12.9. The lowest BCUT2D eigenvalue weighted by molar-refractivity contribution is -0.185. The van der Waals surface area contributed by atoms with Crippen molar-refractivity contribution >= 4 is 5.97 Å². The summed E-state index contributed by atoms with van der Waals surface area (Å²) in [5.74, 6) is -1.19. The molecule has 0 amide bonds. The van der Waals surface area contributed by atoms with Crippen LogP contribution < -0.4 is 9.47 Å². The zero-order chi connectivity index (χ0) is 25.0. The van der Waals surface area contributed by atoms with Crippen LogP contribution in [0.4, 0.5) is 13.2 Å². The molecule has 2 atom stereocenters. The topological polar surface area (TPSA) is 76.0 Å². The van der Waals surface area contributed by atoms with Gasteiger partial charge in [-0.25, -0.2) is 4.79 Å². The molecule has 0 aromatic heterocycles. The van der Waals surface area contributed by atoms with Crippen molar-refractivity contribution in [3.05, 3.63) is 95.6 Å². The molecule has 0 heterocycles. The van der Waals surface area contributed by atoms with Gasteiger partial charge in [0, 0.05) is 0 Å². The maximum Gasteiger partial charge on any atom is 0.416 e. The standard InChI is InChI=1S/C26H25F3O5/c1-3-25(32,20-10-7-11-22(16-20)33-17-18-8-5-4-6-9-18)24(2,23(30)31)34-21-14-12-19(13-15-21)26(27,28)29/h4-16,32H,3,17H2,1-2H3,(H,30,31). The number of aliphatic hydroxyl groups is 1. The summed E-state index contributed by atoms with van der Waals surface area (Å²) < 4.78 is 50.1. The number of ether oxygens (including phenoxy) is 2. The highest BCUT2D eigenvalue weighted by Gasteiger charge is 2.55. The Labute approximate surface area is 195 Å². The van der Waals surface area contributed by atoms with Crippen LogP contribution in [0.15, 0.2) is 78.9 Å². The molecule has 3 rings (SSSR count). The molecule has 0 spiro atoms. The molecule has 0 aliphatic rings. The van der Waals surface area contributed by atoms with Gasteiger partial charge in [0.1, 0.15) is 23.7 Å². The Hall–Kier alpha value is -3.52. The molecule has 0 fully saturated rings. The quantitative estimate of drug-likeness (QED) is 0.410. The van der Waals surface area contributed by atoms with Crippen LogP contribution in [-0.2, 0) is 23.2 Å². The van der Waals surface area contributed by atoms with Crippen LogP contribution in [0.3, 0.4) is 0 Å². The van der Waals surface area contributed by atoms with Gasteiger partial charge in [0.2, 0.25) is 5.60 Å². The molecular formula is C26H25F3O5. The Balaban J connectivity index is 1.91. The average Bonchev–Trinajstić information content (AvgIpc) is 2.82. The minimum Gasteiger partial charge on any atom is -0.489 e. The zero-order valence-electron chi connectivity index (χ0n) is 18.7. The second-order valence-electron chi connectivity index (χ2n) is 7.98. The zero-order valence-corrected chi connectivity index (χ0v) is 18.7. The van der Waals surface area contributed by atoms with Crippen LogP contribution in [0, 0.1) is 0 Å². The van der Waals surface area contributed by atoms with Gasteiger partial charge >= 0.3 is 12.1 Å². The Morgan fingerprint density at radius 1 is 0.882 bits per heavy atom. The highest BCUT2D eigenvalue weighted by molar-refractivity contribution is 5.80. The third-order valence-electron chi connectivity index (χ3n) is 5.77. The highest BCUT2D eigenvalue weighted by Crippen LogP contribution is 2.41. The number of carboxylic acid groups (broad SMARTS) is 1. The molecule has 0 radical (unpaired) electrons. The number of benzene rings is 3. The van der Waals surface area contributed by atoms with Crippen molar-refractivity contribution in [2.75, 3.05) is 0 Å². The monoisotopic (exact) mass is 474 g/mol. The van der Waals surface area contributed by atoms with Gasteiger partial charge in [-0.1, -0.05) is 49.4 Å². The molecule has 0 saturated carbocycles. The Morgan fingerprint density at radius 3 is 2.09 bits per heavy atom. The van der Waals surface area contributed by atoms with E-state index in [1.165, 1.54) is 13.0 Å². The Bertz CT molecular complexity index is 1120. The van der Waals surface area contributed by atoms with Crippen LogP contribution in [-0.4, -0.2) is 21.8 Å². The van der Waals surface area contributed by atoms with Crippen molar-refractivity contribution in [1.82, 2.24) is 0 Å². The molecule has 2 unspecified atom stereocenters. The van der Waals surface area contributed by atoms with Gasteiger partial charge in [-0.3, -0.25) is 0 Å². The van der Waals surface area contributed by atoms with E-state index in [4.69, 9.17) is 9.47 Å². The van der Waals surface area contributed by atoms with Crippen molar-refractivity contribution < 1.29 is 37.7 Å². The first-order chi connectivity index (χ1) is 16.0. The van der Waals surface area contributed by atoms with E-state index in [1.807, 2.05) is 30.3 Å². The number of carboxylic acids is 1. The molecule has 3 aromatic rings. The van der Waals surface area contributed by atoms with E-state index in [0.29, 0.717) is 5.75 Å². The van der Waals surface area contributed by atoms with Crippen LogP contribution >= 0.6 is 0 Å². The second kappa shape index (κ2) is 9.77. The second-order valence-corrected chi connectivity index (χ2v) is 7.98. The third-order valence-corrected chi connectivity index (χ3v) is 5.77. The molecule has 0 saturated heterocycles. The van der Waals surface area contributed by atoms with Gasteiger partial charge < -0.3 is 19.7 Å². The minimum atomic E-state index is -4.54. The van der Waals surface area contributed by atoms with Crippen molar-refractivity contribution in [2.24, 2.45) is 0 Å². The molecular weight excluding hydrogens is 449 g/mol. The van der Waals surface area contributed by atoms with Gasteiger partial charge in [0.25, 0.3) is 0 Å². The SMILES string of the molecule is CCC(O)(c1cccc(OCc2ccccc2)c1)C(C)(Oc1ccc(C(F)(F)F)cc1)C(=O)O. The van der Waals surface area contributed by atoms with E-state index in [1.54, 1.807) is 25.1 Å². The average molecular weight is 474 g/mol. The van der Waals surface area contributed by atoms with Gasteiger partial charge in [0.15, 0.2) is 0 Å². The molecule has 2 N–H and O–H groups in total. The summed E-state index contributed by atoms with van der Waals surface area (Å²) in [4.78, 5) is 12.3. The van der Waals surface area contributed by atoms with Gasteiger partial charge in [-0.15, -0.1) is 0 Å². The van der Waals surface area contributed by atoms with Crippen LogP contribution in [0.25, 0.3) is 0 Å². The smallest absolute Gasteiger partial charge is 0.416 e. The van der Waals surface area contributed by atoms with E-state index >= 15 is 0 Å². The fourth-order valence-corrected chi connectivity index (χ4v) is 3.65. The summed E-state index contributed by atoms with van der Waals surface area (Å²) in [6.07, 6.45) is -4.60. The predicted octanol–water partition coefficient (Wildman–Crippen LogP) is 5.80. The van der Waals surface area contributed by atoms with Gasteiger partial charge in [-0.2, -0.15) is 13.2 Å². The summed E-state index contributed by atoms with van der Waals surface area (Å²) in [7, 11) is 0. The van der Waals surface area contributed by atoms with Crippen molar-refractivity contribution in [1.29, 1.82) is 0 Å². The van der Waals surface area contributed by atoms with Crippen LogP contribution in [0.2, 0.25) is 0 Å². The first kappa shape index (κ1) is 25.1. The Morgan fingerprint density at radius 2 is 1.53 bits per heavy atom. The highest BCUT2D eigenvalue weighted by atomic mass is 19.4. The summed E-state index contributed by atoms with van der Waals surface area (Å²) in [5, 5.41) is 21.6. The number of carbonyl (C=O) groups is 1. The third kappa shape index (κ3) is 5.17. The molecule has 8 heteroatoms. The number of hydrogen-bond acceptors (Lipinski definition) is 4. The summed E-state index contributed by atoms with van der Waals surface area (Å²) in [6.45, 7) is 3.05. The molecule has 0 aliphatic carbocycles. The first-order valence-electron chi connectivity index (χ1n) is 10.6. The normalized spacial score (nSPS) is 15.1. The van der Waals surface area contributed by atoms with Crippen LogP contribution in [0.5, 0.6) is 11.5 Å². The number of rotatable bonds is 9. The van der Waals surface area contributed by atoms with Crippen molar-refractivity contribution in [2.45, 2.75) is 44.3 Å². The molecule has 3 aromatic carbocycles. The molecule has 0 bridgehead atoms. The van der Waals surface area contributed by atoms with E-state index in [0.717, 1.165) is 29.8 Å². The van der Waals surface area contributed by atoms with Crippen molar-refractivity contribution in [3.63, 3.8) is 0 Å². The Kier molecular flexibility index (Phi) is 7.21. The fourth-order valence-electron chi connectivity index (χ4n) is 3.65. The minimum absolute atomic E-state index is 0.0570. The van der Waals surface area contributed by atoms with Crippen molar-refractivity contribution in [3.8, 4) is 11.5 Å². The van der Waals surface area contributed by atoms with E-state index < -0.39 is 28.9 Å². The predicted molar refractivity (Wildman–Crippen MR) is 120 cm³/mol. The van der Waals surface area contributed by atoms with Gasteiger partial charge in [0.05, 0.1) is 5.56 Å². The lowest BCUT2D eigenvalue weighted by atomic mass is 9.76. The largest absolute Gasteiger partial charge is 0.489 e. The van der Waals surface area contributed by atoms with E-state index in [2.05, 4.69) is 0 Å². The molecule has 34 heavy (non-hydrogen) atoms. The van der Waals surface area contributed by atoms with Gasteiger partial charge in [-0.05, 0) is 60.9 Å². The molecule has 180 valence electrons. The lowest BCUT2D eigenvalue weighted by Gasteiger charge is -2.41.